The Kier molecular flexibility index (Phi) is 12.4. The van der Waals surface area contributed by atoms with E-state index in [9.17, 15) is 0 Å². The lowest BCUT2D eigenvalue weighted by Gasteiger charge is -1.99. The first-order valence-corrected chi connectivity index (χ1v) is 7.51. The highest BCUT2D eigenvalue weighted by Gasteiger charge is 1.97. The standard InChI is InChI=1S/C4H9Cl.CH5O2PS2/c1-2-3-4-5;1-3-4(2,5)6/h2-4H2,1H3;1H3,(H2,2,5,6). The van der Waals surface area contributed by atoms with E-state index in [1.54, 1.807) is 0 Å². The first-order chi connectivity index (χ1) is 4.97. The monoisotopic (exact) mass is 236 g/mol. The summed E-state index contributed by atoms with van der Waals surface area (Å²) >= 11 is 13.1. The van der Waals surface area contributed by atoms with Crippen molar-refractivity contribution >= 4 is 41.3 Å². The van der Waals surface area contributed by atoms with Gasteiger partial charge in [0.1, 0.15) is 0 Å². The fraction of sp³-hybridized carbons (Fsp3) is 1.00. The summed E-state index contributed by atoms with van der Waals surface area (Å²) in [6.07, 6.45) is 2.37. The third kappa shape index (κ3) is 24.7. The third-order valence-electron chi connectivity index (χ3n) is 0.725. The number of alkyl halides is 1. The Morgan fingerprint density at radius 1 is 1.73 bits per heavy atom. The molecule has 0 bridgehead atoms. The molecule has 2 nitrogen and oxygen atoms in total. The molecule has 0 fully saturated rings. The van der Waals surface area contributed by atoms with Crippen molar-refractivity contribution in [3.8, 4) is 0 Å². The molecule has 0 saturated carbocycles. The lowest BCUT2D eigenvalue weighted by molar-refractivity contribution is 0.405. The van der Waals surface area contributed by atoms with Crippen LogP contribution in [0.4, 0.5) is 0 Å². The fourth-order valence-electron chi connectivity index (χ4n) is 0.134. The zero-order valence-corrected chi connectivity index (χ0v) is 10.0. The number of hydrogen-bond acceptors (Lipinski definition) is 2. The molecule has 0 amide bonds. The van der Waals surface area contributed by atoms with Crippen molar-refractivity contribution < 1.29 is 9.42 Å². The summed E-state index contributed by atoms with van der Waals surface area (Å²) in [5, 5.41) is 0. The van der Waals surface area contributed by atoms with Gasteiger partial charge in [-0.15, -0.1) is 11.6 Å². The molecular formula is C5H14ClO2PS2. The summed E-state index contributed by atoms with van der Waals surface area (Å²) < 4.78 is 4.28. The molecule has 1 unspecified atom stereocenters. The average Bonchev–Trinajstić information content (AvgIpc) is 1.90. The Labute approximate surface area is 83.6 Å². The van der Waals surface area contributed by atoms with Crippen LogP contribution < -0.4 is 0 Å². The van der Waals surface area contributed by atoms with Crippen molar-refractivity contribution in [2.24, 2.45) is 0 Å². The van der Waals surface area contributed by atoms with Crippen LogP contribution in [0.25, 0.3) is 0 Å². The Hall–Kier alpha value is 1.21. The van der Waals surface area contributed by atoms with Gasteiger partial charge in [-0.25, -0.2) is 0 Å². The minimum atomic E-state index is -2.62. The van der Waals surface area contributed by atoms with E-state index in [0.29, 0.717) is 0 Å². The molecule has 0 aromatic heterocycles. The third-order valence-corrected chi connectivity index (χ3v) is 2.41. The minimum Gasteiger partial charge on any atom is -0.338 e. The highest BCUT2D eigenvalue weighted by molar-refractivity contribution is 8.59. The number of thiol groups is 1. The van der Waals surface area contributed by atoms with Gasteiger partial charge < -0.3 is 9.42 Å². The second kappa shape index (κ2) is 9.30. The quantitative estimate of drug-likeness (QED) is 0.449. The topological polar surface area (TPSA) is 29.5 Å². The fourth-order valence-corrected chi connectivity index (χ4v) is 0.401. The van der Waals surface area contributed by atoms with Gasteiger partial charge in [0.15, 0.2) is 0 Å². The Balaban J connectivity index is 0. The molecule has 11 heavy (non-hydrogen) atoms. The molecule has 0 aliphatic heterocycles. The molecule has 6 heteroatoms. The normalized spacial score (nSPS) is 14.6. The second-order valence-electron chi connectivity index (χ2n) is 1.72. The first kappa shape index (κ1) is 14.7. The highest BCUT2D eigenvalue weighted by atomic mass is 35.5. The SMILES string of the molecule is CCCCCl.COP(O)(=S)S. The van der Waals surface area contributed by atoms with Crippen molar-refractivity contribution in [2.75, 3.05) is 13.0 Å². The maximum Gasteiger partial charge on any atom is 0.241 e. The van der Waals surface area contributed by atoms with E-state index < -0.39 is 5.69 Å². The van der Waals surface area contributed by atoms with Gasteiger partial charge >= 0.3 is 0 Å². The molecule has 0 saturated heterocycles. The summed E-state index contributed by atoms with van der Waals surface area (Å²) in [6.45, 7) is 2.13. The molecule has 0 spiro atoms. The summed E-state index contributed by atoms with van der Waals surface area (Å²) in [6, 6.07) is 0. The Morgan fingerprint density at radius 3 is 2.09 bits per heavy atom. The molecule has 0 aromatic carbocycles. The van der Waals surface area contributed by atoms with Gasteiger partial charge in [0, 0.05) is 13.0 Å². The van der Waals surface area contributed by atoms with Gasteiger partial charge in [0.05, 0.1) is 0 Å². The molecule has 70 valence electrons. The Morgan fingerprint density at radius 2 is 2.09 bits per heavy atom. The molecular weight excluding hydrogens is 223 g/mol. The Bertz CT molecular complexity index is 115. The van der Waals surface area contributed by atoms with E-state index in [1.165, 1.54) is 13.5 Å². The molecule has 0 aromatic rings. The van der Waals surface area contributed by atoms with Crippen LogP contribution in [0.1, 0.15) is 19.8 Å². The lowest BCUT2D eigenvalue weighted by Crippen LogP contribution is -1.67. The zero-order chi connectivity index (χ0) is 9.33. The summed E-state index contributed by atoms with van der Waals surface area (Å²) in [7, 11) is 1.33. The maximum absolute atomic E-state index is 8.39. The molecule has 0 radical (unpaired) electrons. The van der Waals surface area contributed by atoms with Crippen LogP contribution in [0.15, 0.2) is 0 Å². The van der Waals surface area contributed by atoms with Gasteiger partial charge in [0.2, 0.25) is 5.69 Å². The molecule has 1 N–H and O–H groups in total. The predicted octanol–water partition coefficient (Wildman–Crippen LogP) is 2.80. The average molecular weight is 237 g/mol. The molecule has 0 aliphatic carbocycles. The van der Waals surface area contributed by atoms with E-state index in [0.717, 1.165) is 12.3 Å². The summed E-state index contributed by atoms with van der Waals surface area (Å²) in [4.78, 5) is 8.39. The smallest absolute Gasteiger partial charge is 0.241 e. The van der Waals surface area contributed by atoms with Gasteiger partial charge in [-0.2, -0.15) is 0 Å². The van der Waals surface area contributed by atoms with Crippen LogP contribution in [0, 0.1) is 0 Å². The van der Waals surface area contributed by atoms with E-state index in [4.69, 9.17) is 16.5 Å². The maximum atomic E-state index is 8.39. The molecule has 0 heterocycles. The number of unbranched alkanes of at least 4 members (excludes halogenated alkanes) is 1. The number of hydrogen-bond donors (Lipinski definition) is 2. The van der Waals surface area contributed by atoms with Gasteiger partial charge in [-0.3, -0.25) is 0 Å². The summed E-state index contributed by atoms with van der Waals surface area (Å²) in [5.74, 6) is 0.816. The second-order valence-corrected chi connectivity index (χ2v) is 7.36. The van der Waals surface area contributed by atoms with Gasteiger partial charge in [0.25, 0.3) is 0 Å². The van der Waals surface area contributed by atoms with E-state index in [1.807, 2.05) is 0 Å². The van der Waals surface area contributed by atoms with E-state index >= 15 is 0 Å². The highest BCUT2D eigenvalue weighted by Crippen LogP contribution is 2.45. The lowest BCUT2D eigenvalue weighted by atomic mass is 10.4. The van der Waals surface area contributed by atoms with Crippen LogP contribution in [-0.2, 0) is 16.3 Å². The van der Waals surface area contributed by atoms with Crippen molar-refractivity contribution in [1.82, 2.24) is 0 Å². The van der Waals surface area contributed by atoms with Crippen molar-refractivity contribution in [3.63, 3.8) is 0 Å². The largest absolute Gasteiger partial charge is 0.338 e. The molecule has 0 rings (SSSR count). The number of halogens is 1. The van der Waals surface area contributed by atoms with Crippen molar-refractivity contribution in [2.45, 2.75) is 19.8 Å². The van der Waals surface area contributed by atoms with Crippen LogP contribution in [-0.4, -0.2) is 17.9 Å². The first-order valence-electron chi connectivity index (χ1n) is 3.15. The van der Waals surface area contributed by atoms with Crippen LogP contribution in [0.2, 0.25) is 0 Å². The summed E-state index contributed by atoms with van der Waals surface area (Å²) in [5.41, 5.74) is -2.62. The van der Waals surface area contributed by atoms with Crippen molar-refractivity contribution in [3.05, 3.63) is 0 Å². The van der Waals surface area contributed by atoms with Crippen molar-refractivity contribution in [1.29, 1.82) is 0 Å². The van der Waals surface area contributed by atoms with E-state index in [-0.39, 0.29) is 0 Å². The van der Waals surface area contributed by atoms with Gasteiger partial charge in [-0.05, 0) is 18.2 Å². The van der Waals surface area contributed by atoms with E-state index in [2.05, 4.69) is 35.5 Å². The van der Waals surface area contributed by atoms with Crippen LogP contribution in [0.3, 0.4) is 0 Å². The van der Waals surface area contributed by atoms with Crippen LogP contribution >= 0.6 is 29.5 Å². The zero-order valence-electron chi connectivity index (χ0n) is 6.66. The number of rotatable bonds is 3. The molecule has 1 atom stereocenters. The minimum absolute atomic E-state index is 0.816. The molecule has 0 aliphatic rings. The van der Waals surface area contributed by atoms with Crippen LogP contribution in [0.5, 0.6) is 0 Å². The van der Waals surface area contributed by atoms with Gasteiger partial charge in [-0.1, -0.05) is 25.6 Å². The predicted molar refractivity (Wildman–Crippen MR) is 58.1 cm³/mol.